The van der Waals surface area contributed by atoms with Crippen molar-refractivity contribution < 1.29 is 14.6 Å². The van der Waals surface area contributed by atoms with E-state index < -0.39 is 12.1 Å². The van der Waals surface area contributed by atoms with Gasteiger partial charge < -0.3 is 25.8 Å². The highest BCUT2D eigenvalue weighted by molar-refractivity contribution is 5.93. The number of carbonyl (C=O) groups excluding carboxylic acids is 1. The summed E-state index contributed by atoms with van der Waals surface area (Å²) >= 11 is 0. The van der Waals surface area contributed by atoms with Crippen LogP contribution in [-0.4, -0.2) is 40.4 Å². The van der Waals surface area contributed by atoms with E-state index in [2.05, 4.69) is 27.1 Å². The number of benzene rings is 1. The smallest absolute Gasteiger partial charge is 0.248 e. The second-order valence-electron chi connectivity index (χ2n) is 7.91. The van der Waals surface area contributed by atoms with Crippen LogP contribution in [0.3, 0.4) is 0 Å². The summed E-state index contributed by atoms with van der Waals surface area (Å²) in [6.07, 6.45) is 3.29. The van der Waals surface area contributed by atoms with Crippen LogP contribution in [0.4, 0.5) is 11.6 Å². The fraction of sp³-hybridized carbons (Fsp3) is 0.476. The number of primary amides is 1. The van der Waals surface area contributed by atoms with Crippen LogP contribution in [0.5, 0.6) is 5.88 Å². The molecule has 2 aromatic rings. The molecular weight excluding hydrogens is 370 g/mol. The number of ether oxygens (including phenoxy) is 1. The molecule has 0 radical (unpaired) electrons. The molecule has 2 aliphatic rings. The summed E-state index contributed by atoms with van der Waals surface area (Å²) in [5.41, 5.74) is 7.77. The molecule has 8 heteroatoms. The van der Waals surface area contributed by atoms with Crippen molar-refractivity contribution in [1.82, 2.24) is 9.97 Å². The van der Waals surface area contributed by atoms with E-state index in [1.165, 1.54) is 0 Å². The lowest BCUT2D eigenvalue weighted by atomic mass is 9.79. The third-order valence-corrected chi connectivity index (χ3v) is 5.94. The molecule has 8 nitrogen and oxygen atoms in total. The van der Waals surface area contributed by atoms with Crippen molar-refractivity contribution in [1.29, 1.82) is 0 Å². The number of aliphatic hydroxyl groups is 1. The van der Waals surface area contributed by atoms with Gasteiger partial charge in [0.2, 0.25) is 17.7 Å². The van der Waals surface area contributed by atoms with Crippen LogP contribution in [0.1, 0.15) is 48.7 Å². The normalized spacial score (nSPS) is 24.6. The number of amides is 1. The molecule has 4 atom stereocenters. The number of aliphatic hydroxyl groups excluding tert-OH is 1. The lowest BCUT2D eigenvalue weighted by Gasteiger charge is -2.48. The topological polar surface area (TPSA) is 114 Å². The van der Waals surface area contributed by atoms with Gasteiger partial charge in [-0.3, -0.25) is 4.79 Å². The van der Waals surface area contributed by atoms with Crippen LogP contribution in [0.2, 0.25) is 0 Å². The zero-order chi connectivity index (χ0) is 20.7. The average molecular weight is 397 g/mol. The number of aromatic nitrogens is 2. The number of nitrogens with one attached hydrogen (secondary N) is 1. The van der Waals surface area contributed by atoms with Crippen molar-refractivity contribution in [2.75, 3.05) is 17.3 Å². The molecule has 29 heavy (non-hydrogen) atoms. The Hall–Kier alpha value is -2.87. The maximum atomic E-state index is 11.8. The second-order valence-corrected chi connectivity index (χ2v) is 7.91. The largest absolute Gasteiger partial charge is 0.481 e. The van der Waals surface area contributed by atoms with Crippen molar-refractivity contribution in [3.05, 3.63) is 41.6 Å². The third kappa shape index (κ3) is 3.60. The van der Waals surface area contributed by atoms with Crippen LogP contribution < -0.4 is 20.7 Å². The summed E-state index contributed by atoms with van der Waals surface area (Å²) in [5, 5.41) is 14.0. The van der Waals surface area contributed by atoms with Gasteiger partial charge in [0.05, 0.1) is 13.2 Å². The first kappa shape index (κ1) is 19.4. The summed E-state index contributed by atoms with van der Waals surface area (Å²) in [6.45, 7) is 3.95. The first-order valence-electron chi connectivity index (χ1n) is 9.94. The Morgan fingerprint density at radius 2 is 2.14 bits per heavy atom. The van der Waals surface area contributed by atoms with E-state index in [9.17, 15) is 9.90 Å². The standard InChI is InChI=1S/C21H27N5O3/c1-11-18(25-21-23-9-8-17(24-21)29-3)15-10-14(20(22)28)6-7-16(15)26(12(2)27)19(11)13-4-5-13/h6-13,18-19,27H,4-5H2,1-3H3,(H2,22,28)(H,23,24,25)/t11-,12?,18-,19-/m1/s1. The van der Waals surface area contributed by atoms with Crippen LogP contribution in [0.15, 0.2) is 30.5 Å². The van der Waals surface area contributed by atoms with Crippen LogP contribution in [0, 0.1) is 11.8 Å². The maximum absolute atomic E-state index is 11.8. The molecule has 0 bridgehead atoms. The molecule has 4 N–H and O–H groups in total. The molecule has 1 unspecified atom stereocenters. The molecule has 2 heterocycles. The van der Waals surface area contributed by atoms with E-state index in [1.54, 1.807) is 32.4 Å². The van der Waals surface area contributed by atoms with E-state index in [0.29, 0.717) is 23.3 Å². The molecule has 0 spiro atoms. The first-order valence-corrected chi connectivity index (χ1v) is 9.94. The highest BCUT2D eigenvalue weighted by Gasteiger charge is 2.47. The first-order chi connectivity index (χ1) is 13.9. The molecule has 154 valence electrons. The Morgan fingerprint density at radius 3 is 2.76 bits per heavy atom. The van der Waals surface area contributed by atoms with Gasteiger partial charge in [-0.2, -0.15) is 4.98 Å². The molecule has 4 rings (SSSR count). The SMILES string of the molecule is COc1ccnc(N[C@H]2c3cc(C(N)=O)ccc3N(C(C)O)[C@@H](C3CC3)[C@@H]2C)n1. The maximum Gasteiger partial charge on any atom is 0.248 e. The lowest BCUT2D eigenvalue weighted by molar-refractivity contribution is 0.1000. The number of methoxy groups -OCH3 is 1. The number of anilines is 2. The molecule has 1 aliphatic heterocycles. The van der Waals surface area contributed by atoms with E-state index in [4.69, 9.17) is 10.5 Å². The van der Waals surface area contributed by atoms with Crippen molar-refractivity contribution in [3.8, 4) is 5.88 Å². The Balaban J connectivity index is 1.81. The number of hydrogen-bond acceptors (Lipinski definition) is 7. The van der Waals surface area contributed by atoms with Crippen LogP contribution >= 0.6 is 0 Å². The van der Waals surface area contributed by atoms with Gasteiger partial charge in [0.15, 0.2) is 0 Å². The summed E-state index contributed by atoms with van der Waals surface area (Å²) in [7, 11) is 1.56. The van der Waals surface area contributed by atoms with Gasteiger partial charge in [-0.1, -0.05) is 6.92 Å². The highest BCUT2D eigenvalue weighted by Crippen LogP contribution is 2.50. The monoisotopic (exact) mass is 397 g/mol. The second kappa shape index (κ2) is 7.51. The minimum Gasteiger partial charge on any atom is -0.481 e. The van der Waals surface area contributed by atoms with E-state index in [-0.39, 0.29) is 18.0 Å². The summed E-state index contributed by atoms with van der Waals surface area (Å²) < 4.78 is 5.22. The number of nitrogens with two attached hydrogens (primary N) is 1. The quantitative estimate of drug-likeness (QED) is 0.685. The van der Waals surface area contributed by atoms with Crippen molar-refractivity contribution in [2.24, 2.45) is 17.6 Å². The number of carbonyl (C=O) groups is 1. The Morgan fingerprint density at radius 1 is 1.38 bits per heavy atom. The molecule has 1 aromatic carbocycles. The number of rotatable bonds is 6. The predicted molar refractivity (Wildman–Crippen MR) is 110 cm³/mol. The van der Waals surface area contributed by atoms with Crippen molar-refractivity contribution in [2.45, 2.75) is 45.0 Å². The van der Waals surface area contributed by atoms with Gasteiger partial charge in [-0.15, -0.1) is 0 Å². The molecular formula is C21H27N5O3. The van der Waals surface area contributed by atoms with Crippen molar-refractivity contribution >= 4 is 17.5 Å². The fourth-order valence-electron chi connectivity index (χ4n) is 4.50. The highest BCUT2D eigenvalue weighted by atomic mass is 16.5. The molecule has 0 saturated heterocycles. The van der Waals surface area contributed by atoms with Crippen LogP contribution in [-0.2, 0) is 0 Å². The average Bonchev–Trinajstić information content (AvgIpc) is 3.54. The molecule has 1 amide bonds. The molecule has 1 aliphatic carbocycles. The lowest BCUT2D eigenvalue weighted by Crippen LogP contribution is -2.53. The molecule has 1 fully saturated rings. The Bertz CT molecular complexity index is 915. The fourth-order valence-corrected chi connectivity index (χ4v) is 4.50. The summed E-state index contributed by atoms with van der Waals surface area (Å²) in [6, 6.07) is 7.13. The number of nitrogens with zero attached hydrogens (tertiary/aromatic N) is 3. The minimum absolute atomic E-state index is 0.141. The zero-order valence-electron chi connectivity index (χ0n) is 16.9. The predicted octanol–water partition coefficient (Wildman–Crippen LogP) is 2.31. The number of fused-ring (bicyclic) bond motifs is 1. The third-order valence-electron chi connectivity index (χ3n) is 5.94. The van der Waals surface area contributed by atoms with Gasteiger partial charge in [0.1, 0.15) is 6.23 Å². The van der Waals surface area contributed by atoms with Crippen molar-refractivity contribution in [3.63, 3.8) is 0 Å². The van der Waals surface area contributed by atoms with Crippen LogP contribution in [0.25, 0.3) is 0 Å². The Kier molecular flexibility index (Phi) is 5.04. The molecule has 1 saturated carbocycles. The van der Waals surface area contributed by atoms with Gasteiger partial charge in [0, 0.05) is 35.5 Å². The van der Waals surface area contributed by atoms with E-state index >= 15 is 0 Å². The van der Waals surface area contributed by atoms with E-state index in [0.717, 1.165) is 24.1 Å². The van der Waals surface area contributed by atoms with Gasteiger partial charge in [-0.25, -0.2) is 4.98 Å². The summed E-state index contributed by atoms with van der Waals surface area (Å²) in [5.74, 6) is 1.12. The van der Waals surface area contributed by atoms with Gasteiger partial charge >= 0.3 is 0 Å². The zero-order valence-corrected chi connectivity index (χ0v) is 16.9. The van der Waals surface area contributed by atoms with Gasteiger partial charge in [0.25, 0.3) is 0 Å². The minimum atomic E-state index is -0.643. The number of hydrogen-bond donors (Lipinski definition) is 3. The summed E-state index contributed by atoms with van der Waals surface area (Å²) in [4.78, 5) is 22.6. The van der Waals surface area contributed by atoms with E-state index in [1.807, 2.05) is 12.1 Å². The molecule has 1 aromatic heterocycles. The van der Waals surface area contributed by atoms with Gasteiger partial charge in [-0.05, 0) is 49.4 Å². The Labute approximate surface area is 170 Å².